The molecule has 2 amide bonds. The van der Waals surface area contributed by atoms with E-state index in [1.165, 1.54) is 0 Å². The Hall–Kier alpha value is -2.34. The Kier molecular flexibility index (Phi) is 6.80. The van der Waals surface area contributed by atoms with E-state index in [1.807, 2.05) is 25.5 Å². The quantitative estimate of drug-likeness (QED) is 0.726. The van der Waals surface area contributed by atoms with Crippen molar-refractivity contribution in [1.82, 2.24) is 15.1 Å². The Morgan fingerprint density at radius 2 is 1.92 bits per heavy atom. The van der Waals surface area contributed by atoms with Crippen molar-refractivity contribution in [2.24, 2.45) is 0 Å². The third kappa shape index (κ3) is 4.85. The highest BCUT2D eigenvalue weighted by molar-refractivity contribution is 6.31. The fraction of sp³-hybridized carbons (Fsp3) is 0.421. The number of hydrogen-bond donors (Lipinski definition) is 2. The molecule has 0 aliphatic carbocycles. The summed E-state index contributed by atoms with van der Waals surface area (Å²) in [5.74, 6) is -0.702. The Morgan fingerprint density at radius 1 is 1.19 bits per heavy atom. The summed E-state index contributed by atoms with van der Waals surface area (Å²) >= 11 is 6.04. The van der Waals surface area contributed by atoms with Crippen molar-refractivity contribution in [2.45, 2.75) is 53.6 Å². The van der Waals surface area contributed by atoms with Gasteiger partial charge in [-0.1, -0.05) is 24.6 Å². The van der Waals surface area contributed by atoms with Gasteiger partial charge in [0, 0.05) is 35.1 Å². The first-order valence-electron chi connectivity index (χ1n) is 8.68. The maximum Gasteiger partial charge on any atom is 0.233 e. The second kappa shape index (κ2) is 8.85. The van der Waals surface area contributed by atoms with Gasteiger partial charge in [-0.05, 0) is 44.9 Å². The van der Waals surface area contributed by atoms with Gasteiger partial charge in [0.2, 0.25) is 11.8 Å². The predicted molar refractivity (Wildman–Crippen MR) is 103 cm³/mol. The van der Waals surface area contributed by atoms with Crippen molar-refractivity contribution in [3.63, 3.8) is 0 Å². The van der Waals surface area contributed by atoms with Crippen LogP contribution in [0.1, 0.15) is 42.3 Å². The lowest BCUT2D eigenvalue weighted by Crippen LogP contribution is -2.28. The predicted octanol–water partition coefficient (Wildman–Crippen LogP) is 3.52. The highest BCUT2D eigenvalue weighted by Crippen LogP contribution is 2.23. The average molecular weight is 377 g/mol. The third-order valence-corrected chi connectivity index (χ3v) is 4.70. The highest BCUT2D eigenvalue weighted by Gasteiger charge is 2.15. The van der Waals surface area contributed by atoms with Crippen LogP contribution in [0.25, 0.3) is 0 Å². The average Bonchev–Trinajstić information content (AvgIpc) is 2.84. The molecule has 0 aliphatic rings. The zero-order valence-electron chi connectivity index (χ0n) is 15.6. The minimum atomic E-state index is -0.372. The van der Waals surface area contributed by atoms with Gasteiger partial charge in [0.05, 0.1) is 5.69 Å². The largest absolute Gasteiger partial charge is 0.351 e. The molecule has 0 fully saturated rings. The molecule has 6 nitrogen and oxygen atoms in total. The molecule has 0 saturated heterocycles. The molecule has 140 valence electrons. The number of nitrogens with zero attached hydrogens (tertiary/aromatic N) is 2. The molecule has 2 N–H and O–H groups in total. The van der Waals surface area contributed by atoms with Gasteiger partial charge in [0.15, 0.2) is 0 Å². The summed E-state index contributed by atoms with van der Waals surface area (Å²) < 4.78 is 1.95. The molecule has 7 heteroatoms. The molecule has 0 saturated carbocycles. The standard InChI is InChI=1S/C19H25ClN4O2/c1-5-9-24-14(4)15(13(3)23-24)11-21-18(25)10-19(26)22-17-8-6-7-16(20)12(17)2/h6-8H,5,9-11H2,1-4H3,(H,21,25)(H,22,26). The molecule has 0 atom stereocenters. The normalized spacial score (nSPS) is 10.7. The van der Waals surface area contributed by atoms with E-state index in [0.29, 0.717) is 17.3 Å². The summed E-state index contributed by atoms with van der Waals surface area (Å²) in [5.41, 5.74) is 4.33. The molecule has 1 heterocycles. The first kappa shape index (κ1) is 20.0. The number of anilines is 1. The Morgan fingerprint density at radius 3 is 2.62 bits per heavy atom. The van der Waals surface area contributed by atoms with Gasteiger partial charge < -0.3 is 10.6 Å². The molecular formula is C19H25ClN4O2. The molecule has 0 aliphatic heterocycles. The van der Waals surface area contributed by atoms with Crippen molar-refractivity contribution < 1.29 is 9.59 Å². The van der Waals surface area contributed by atoms with Gasteiger partial charge in [-0.25, -0.2) is 0 Å². The van der Waals surface area contributed by atoms with Crippen molar-refractivity contribution in [2.75, 3.05) is 5.32 Å². The zero-order chi connectivity index (χ0) is 19.3. The number of halogens is 1. The van der Waals surface area contributed by atoms with Crippen molar-refractivity contribution >= 4 is 29.1 Å². The third-order valence-electron chi connectivity index (χ3n) is 4.29. The summed E-state index contributed by atoms with van der Waals surface area (Å²) in [4.78, 5) is 24.2. The van der Waals surface area contributed by atoms with Crippen LogP contribution in [0.15, 0.2) is 18.2 Å². The molecule has 0 bridgehead atoms. The maximum atomic E-state index is 12.1. The molecule has 1 aromatic carbocycles. The minimum absolute atomic E-state index is 0.243. The van der Waals surface area contributed by atoms with Crippen LogP contribution in [0.3, 0.4) is 0 Å². The molecular weight excluding hydrogens is 352 g/mol. The maximum absolute atomic E-state index is 12.1. The number of benzene rings is 1. The summed E-state index contributed by atoms with van der Waals surface area (Å²) in [6.45, 7) is 9.04. The second-order valence-electron chi connectivity index (χ2n) is 6.29. The summed E-state index contributed by atoms with van der Waals surface area (Å²) in [6, 6.07) is 5.26. The number of aromatic nitrogens is 2. The van der Waals surface area contributed by atoms with E-state index in [9.17, 15) is 9.59 Å². The number of carbonyl (C=O) groups is 2. The van der Waals surface area contributed by atoms with Crippen molar-refractivity contribution in [1.29, 1.82) is 0 Å². The molecule has 26 heavy (non-hydrogen) atoms. The van der Waals surface area contributed by atoms with Gasteiger partial charge in [-0.15, -0.1) is 0 Å². The van der Waals surface area contributed by atoms with Crippen LogP contribution < -0.4 is 10.6 Å². The highest BCUT2D eigenvalue weighted by atomic mass is 35.5. The summed E-state index contributed by atoms with van der Waals surface area (Å²) in [7, 11) is 0. The smallest absolute Gasteiger partial charge is 0.233 e. The van der Waals surface area contributed by atoms with E-state index in [4.69, 9.17) is 11.6 Å². The Balaban J connectivity index is 1.91. The van der Waals surface area contributed by atoms with Crippen molar-refractivity contribution in [3.8, 4) is 0 Å². The van der Waals surface area contributed by atoms with E-state index in [2.05, 4.69) is 22.7 Å². The number of rotatable bonds is 7. The molecule has 0 radical (unpaired) electrons. The van der Waals surface area contributed by atoms with Crippen LogP contribution in [0.2, 0.25) is 5.02 Å². The van der Waals surface area contributed by atoms with E-state index in [0.717, 1.165) is 35.5 Å². The van der Waals surface area contributed by atoms with E-state index in [1.54, 1.807) is 18.2 Å². The van der Waals surface area contributed by atoms with Crippen LogP contribution in [0.4, 0.5) is 5.69 Å². The molecule has 0 unspecified atom stereocenters. The van der Waals surface area contributed by atoms with Crippen LogP contribution >= 0.6 is 11.6 Å². The van der Waals surface area contributed by atoms with E-state index < -0.39 is 0 Å². The fourth-order valence-electron chi connectivity index (χ4n) is 2.75. The number of hydrogen-bond acceptors (Lipinski definition) is 3. The molecule has 2 aromatic rings. The Bertz CT molecular complexity index is 814. The molecule has 1 aromatic heterocycles. The lowest BCUT2D eigenvalue weighted by atomic mass is 10.2. The number of carbonyl (C=O) groups excluding carboxylic acids is 2. The minimum Gasteiger partial charge on any atom is -0.351 e. The number of aryl methyl sites for hydroxylation is 2. The molecule has 0 spiro atoms. The van der Waals surface area contributed by atoms with Crippen LogP contribution in [-0.4, -0.2) is 21.6 Å². The van der Waals surface area contributed by atoms with Crippen molar-refractivity contribution in [3.05, 3.63) is 45.7 Å². The first-order chi connectivity index (χ1) is 12.3. The van der Waals surface area contributed by atoms with Crippen LogP contribution in [0, 0.1) is 20.8 Å². The summed E-state index contributed by atoms with van der Waals surface area (Å²) in [6.07, 6.45) is 0.754. The van der Waals surface area contributed by atoms with Crippen LogP contribution in [-0.2, 0) is 22.7 Å². The SMILES string of the molecule is CCCn1nc(C)c(CNC(=O)CC(=O)Nc2cccc(Cl)c2C)c1C. The topological polar surface area (TPSA) is 76.0 Å². The lowest BCUT2D eigenvalue weighted by Gasteiger charge is -2.10. The first-order valence-corrected chi connectivity index (χ1v) is 9.05. The number of nitrogens with one attached hydrogen (secondary N) is 2. The summed E-state index contributed by atoms with van der Waals surface area (Å²) in [5, 5.41) is 10.6. The van der Waals surface area contributed by atoms with E-state index >= 15 is 0 Å². The lowest BCUT2D eigenvalue weighted by molar-refractivity contribution is -0.126. The van der Waals surface area contributed by atoms with Gasteiger partial charge in [0.25, 0.3) is 0 Å². The van der Waals surface area contributed by atoms with Crippen LogP contribution in [0.5, 0.6) is 0 Å². The Labute approximate surface area is 158 Å². The van der Waals surface area contributed by atoms with Gasteiger partial charge in [-0.3, -0.25) is 14.3 Å². The molecule has 2 rings (SSSR count). The second-order valence-corrected chi connectivity index (χ2v) is 6.69. The van der Waals surface area contributed by atoms with Gasteiger partial charge in [-0.2, -0.15) is 5.10 Å². The zero-order valence-corrected chi connectivity index (χ0v) is 16.4. The van der Waals surface area contributed by atoms with Gasteiger partial charge >= 0.3 is 0 Å². The fourth-order valence-corrected chi connectivity index (χ4v) is 2.93. The van der Waals surface area contributed by atoms with Gasteiger partial charge in [0.1, 0.15) is 6.42 Å². The monoisotopic (exact) mass is 376 g/mol. The van der Waals surface area contributed by atoms with E-state index in [-0.39, 0.29) is 18.2 Å². The number of amides is 2.